The zero-order chi connectivity index (χ0) is 17.2. The van der Waals surface area contributed by atoms with Gasteiger partial charge in [0.25, 0.3) is 0 Å². The topological polar surface area (TPSA) is 46.6 Å². The fraction of sp³-hybridized carbons (Fsp3) is 0.556. The van der Waals surface area contributed by atoms with E-state index in [9.17, 15) is 9.59 Å². The number of ether oxygens (including phenoxy) is 1. The molecule has 23 heavy (non-hydrogen) atoms. The van der Waals surface area contributed by atoms with Gasteiger partial charge in [0.15, 0.2) is 5.78 Å². The summed E-state index contributed by atoms with van der Waals surface area (Å²) in [5, 5.41) is 0.574. The minimum atomic E-state index is -0.480. The number of benzene rings is 1. The van der Waals surface area contributed by atoms with E-state index >= 15 is 0 Å². The number of carbonyl (C=O) groups is 2. The number of piperidine rings is 1. The lowest BCUT2D eigenvalue weighted by atomic mass is 9.85. The minimum absolute atomic E-state index is 0.0251. The van der Waals surface area contributed by atoms with Crippen LogP contribution in [-0.4, -0.2) is 35.5 Å². The number of hydrogen-bond acceptors (Lipinski definition) is 3. The first kappa shape index (κ1) is 17.8. The molecule has 4 nitrogen and oxygen atoms in total. The molecule has 5 heteroatoms. The number of rotatable bonds is 2. The van der Waals surface area contributed by atoms with Crippen LogP contribution < -0.4 is 0 Å². The van der Waals surface area contributed by atoms with Crippen molar-refractivity contribution in [3.05, 3.63) is 34.3 Å². The highest BCUT2D eigenvalue weighted by atomic mass is 35.5. The van der Waals surface area contributed by atoms with Crippen molar-refractivity contribution in [2.45, 2.75) is 52.1 Å². The number of halogens is 1. The molecule has 0 saturated carbocycles. The van der Waals surface area contributed by atoms with Gasteiger partial charge in [-0.3, -0.25) is 4.79 Å². The van der Waals surface area contributed by atoms with Crippen LogP contribution in [0.1, 0.15) is 62.4 Å². The molecule has 1 aliphatic heterocycles. The summed E-state index contributed by atoms with van der Waals surface area (Å²) in [6.45, 7) is 8.43. The van der Waals surface area contributed by atoms with Gasteiger partial charge in [0.1, 0.15) is 5.60 Å². The molecular formula is C18H24ClNO3. The summed E-state index contributed by atoms with van der Waals surface area (Å²) in [7, 11) is 0. The van der Waals surface area contributed by atoms with Crippen LogP contribution in [0.15, 0.2) is 18.2 Å². The van der Waals surface area contributed by atoms with Gasteiger partial charge in [0.2, 0.25) is 0 Å². The van der Waals surface area contributed by atoms with E-state index in [1.165, 1.54) is 0 Å². The molecule has 0 bridgehead atoms. The third-order valence-electron chi connectivity index (χ3n) is 3.98. The van der Waals surface area contributed by atoms with E-state index in [-0.39, 0.29) is 17.8 Å². The van der Waals surface area contributed by atoms with Crippen LogP contribution in [0.25, 0.3) is 0 Å². The van der Waals surface area contributed by atoms with Gasteiger partial charge in [-0.15, -0.1) is 0 Å². The Morgan fingerprint density at radius 1 is 1.22 bits per heavy atom. The molecule has 1 saturated heterocycles. The smallest absolute Gasteiger partial charge is 0.410 e. The zero-order valence-electron chi connectivity index (χ0n) is 14.2. The third kappa shape index (κ3) is 4.71. The lowest BCUT2D eigenvalue weighted by Crippen LogP contribution is -2.41. The average molecular weight is 338 g/mol. The fourth-order valence-electron chi connectivity index (χ4n) is 2.89. The van der Waals surface area contributed by atoms with Gasteiger partial charge in [-0.2, -0.15) is 0 Å². The molecule has 0 unspecified atom stereocenters. The molecule has 1 heterocycles. The Morgan fingerprint density at radius 2 is 1.83 bits per heavy atom. The predicted octanol–water partition coefficient (Wildman–Crippen LogP) is 4.66. The molecule has 0 N–H and O–H groups in total. The molecule has 0 spiro atoms. The lowest BCUT2D eigenvalue weighted by Gasteiger charge is -2.34. The first-order valence-corrected chi connectivity index (χ1v) is 8.33. The van der Waals surface area contributed by atoms with E-state index in [0.717, 1.165) is 18.4 Å². The number of hydrogen-bond donors (Lipinski definition) is 0. The second kappa shape index (κ2) is 6.91. The van der Waals surface area contributed by atoms with Crippen LogP contribution in [0.3, 0.4) is 0 Å². The number of Topliss-reactive ketones (excluding diaryl/α,β-unsaturated/α-hetero) is 1. The first-order valence-electron chi connectivity index (χ1n) is 7.95. The Kier molecular flexibility index (Phi) is 5.35. The lowest BCUT2D eigenvalue weighted by molar-refractivity contribution is 0.0204. The van der Waals surface area contributed by atoms with Gasteiger partial charge in [-0.1, -0.05) is 17.7 Å². The predicted molar refractivity (Wildman–Crippen MR) is 91.2 cm³/mol. The fourth-order valence-corrected chi connectivity index (χ4v) is 3.06. The van der Waals surface area contributed by atoms with E-state index in [0.29, 0.717) is 23.7 Å². The Morgan fingerprint density at radius 3 is 2.35 bits per heavy atom. The van der Waals surface area contributed by atoms with Crippen molar-refractivity contribution in [1.29, 1.82) is 0 Å². The van der Waals surface area contributed by atoms with Crippen LogP contribution in [0, 0.1) is 0 Å². The number of likely N-dealkylation sites (tertiary alicyclic amines) is 1. The summed E-state index contributed by atoms with van der Waals surface area (Å²) < 4.78 is 5.41. The number of nitrogens with zero attached hydrogens (tertiary/aromatic N) is 1. The van der Waals surface area contributed by atoms with Crippen LogP contribution in [0.2, 0.25) is 5.02 Å². The summed E-state index contributed by atoms with van der Waals surface area (Å²) >= 11 is 6.00. The van der Waals surface area contributed by atoms with Crippen molar-refractivity contribution in [2.75, 3.05) is 13.1 Å². The van der Waals surface area contributed by atoms with Crippen LogP contribution in [0.4, 0.5) is 4.79 Å². The summed E-state index contributed by atoms with van der Waals surface area (Å²) in [6.07, 6.45) is 1.38. The average Bonchev–Trinajstić information content (AvgIpc) is 2.45. The number of ketones is 1. The summed E-state index contributed by atoms with van der Waals surface area (Å²) in [5.41, 5.74) is 1.24. The van der Waals surface area contributed by atoms with Crippen LogP contribution >= 0.6 is 11.6 Å². The standard InChI is InChI=1S/C18H24ClNO3/c1-12(21)16-11-14(19)5-6-15(16)13-7-9-20(10-8-13)17(22)23-18(2,3)4/h5-6,11,13H,7-10H2,1-4H3. The SMILES string of the molecule is CC(=O)c1cc(Cl)ccc1C1CCN(C(=O)OC(C)(C)C)CC1. The molecule has 1 amide bonds. The van der Waals surface area contributed by atoms with Gasteiger partial charge < -0.3 is 9.64 Å². The Labute approximate surface area is 142 Å². The van der Waals surface area contributed by atoms with E-state index in [4.69, 9.17) is 16.3 Å². The normalized spacial score (nSPS) is 16.3. The Balaban J connectivity index is 2.05. The zero-order valence-corrected chi connectivity index (χ0v) is 14.9. The van der Waals surface area contributed by atoms with Gasteiger partial charge in [-0.05, 0) is 64.2 Å². The summed E-state index contributed by atoms with van der Waals surface area (Å²) in [6, 6.07) is 5.50. The second-order valence-corrected chi connectivity index (χ2v) is 7.47. The molecule has 0 radical (unpaired) electrons. The van der Waals surface area contributed by atoms with Crippen LogP contribution in [-0.2, 0) is 4.74 Å². The van der Waals surface area contributed by atoms with Crippen LogP contribution in [0.5, 0.6) is 0 Å². The van der Waals surface area contributed by atoms with E-state index in [2.05, 4.69) is 0 Å². The summed E-state index contributed by atoms with van der Waals surface area (Å²) in [4.78, 5) is 25.7. The summed E-state index contributed by atoms with van der Waals surface area (Å²) in [5.74, 6) is 0.293. The van der Waals surface area contributed by atoms with Gasteiger partial charge in [0, 0.05) is 23.7 Å². The Hall–Kier alpha value is -1.55. The molecule has 1 fully saturated rings. The van der Waals surface area contributed by atoms with Gasteiger partial charge >= 0.3 is 6.09 Å². The molecule has 1 aliphatic rings. The number of carbonyl (C=O) groups excluding carboxylic acids is 2. The van der Waals surface area contributed by atoms with Crippen molar-refractivity contribution in [1.82, 2.24) is 4.90 Å². The number of amides is 1. The molecule has 0 atom stereocenters. The quantitative estimate of drug-likeness (QED) is 0.737. The minimum Gasteiger partial charge on any atom is -0.444 e. The maximum atomic E-state index is 12.1. The van der Waals surface area contributed by atoms with Gasteiger partial charge in [0.05, 0.1) is 0 Å². The van der Waals surface area contributed by atoms with Crippen molar-refractivity contribution in [3.63, 3.8) is 0 Å². The molecule has 1 aromatic rings. The molecule has 1 aromatic carbocycles. The molecule has 0 aromatic heterocycles. The largest absolute Gasteiger partial charge is 0.444 e. The van der Waals surface area contributed by atoms with Crippen molar-refractivity contribution >= 4 is 23.5 Å². The van der Waals surface area contributed by atoms with E-state index in [1.54, 1.807) is 17.9 Å². The second-order valence-electron chi connectivity index (χ2n) is 7.03. The monoisotopic (exact) mass is 337 g/mol. The Bertz CT molecular complexity index is 599. The third-order valence-corrected chi connectivity index (χ3v) is 4.22. The maximum absolute atomic E-state index is 12.1. The molecule has 126 valence electrons. The van der Waals surface area contributed by atoms with Crippen molar-refractivity contribution in [3.8, 4) is 0 Å². The molecular weight excluding hydrogens is 314 g/mol. The first-order chi connectivity index (χ1) is 10.7. The highest BCUT2D eigenvalue weighted by molar-refractivity contribution is 6.31. The highest BCUT2D eigenvalue weighted by Crippen LogP contribution is 2.32. The van der Waals surface area contributed by atoms with Crippen molar-refractivity contribution < 1.29 is 14.3 Å². The highest BCUT2D eigenvalue weighted by Gasteiger charge is 2.28. The van der Waals surface area contributed by atoms with Crippen molar-refractivity contribution in [2.24, 2.45) is 0 Å². The van der Waals surface area contributed by atoms with Gasteiger partial charge in [-0.25, -0.2) is 4.79 Å². The molecule has 0 aliphatic carbocycles. The molecule has 2 rings (SSSR count). The van der Waals surface area contributed by atoms with E-state index in [1.807, 2.05) is 32.9 Å². The maximum Gasteiger partial charge on any atom is 0.410 e. The van der Waals surface area contributed by atoms with E-state index < -0.39 is 5.60 Å².